The predicted octanol–water partition coefficient (Wildman–Crippen LogP) is 1.56. The maximum absolute atomic E-state index is 11.2. The zero-order valence-electron chi connectivity index (χ0n) is 4.16. The van der Waals surface area contributed by atoms with Crippen LogP contribution in [0.1, 0.15) is 6.92 Å². The van der Waals surface area contributed by atoms with Gasteiger partial charge in [-0.15, -0.1) is 0 Å². The molecule has 1 unspecified atom stereocenters. The topological polar surface area (TPSA) is 9.23 Å². The molecule has 1 atom stereocenters. The van der Waals surface area contributed by atoms with Crippen molar-refractivity contribution in [2.24, 2.45) is 0 Å². The van der Waals surface area contributed by atoms with E-state index in [1.54, 1.807) is 6.92 Å². The third-order valence-corrected chi connectivity index (χ3v) is 0.551. The maximum Gasteiger partial charge on any atom is 0.128 e. The highest BCUT2D eigenvalue weighted by Gasteiger charge is 1.91. The zero-order valence-corrected chi connectivity index (χ0v) is 4.91. The van der Waals surface area contributed by atoms with Crippen molar-refractivity contribution in [1.29, 1.82) is 0 Å². The maximum atomic E-state index is 11.2. The molecule has 0 spiro atoms. The normalized spacial score (nSPS) is 14.1. The van der Waals surface area contributed by atoms with Gasteiger partial charge in [0.1, 0.15) is 12.2 Å². The highest BCUT2D eigenvalue weighted by atomic mass is 35.5. The van der Waals surface area contributed by atoms with Crippen molar-refractivity contribution in [3.8, 4) is 0 Å². The lowest BCUT2D eigenvalue weighted by Gasteiger charge is -1.99. The van der Waals surface area contributed by atoms with Gasteiger partial charge in [0.2, 0.25) is 0 Å². The fourth-order valence-electron chi connectivity index (χ4n) is 0.207. The van der Waals surface area contributed by atoms with Crippen LogP contribution in [0.25, 0.3) is 0 Å². The molecule has 7 heavy (non-hydrogen) atoms. The smallest absolute Gasteiger partial charge is 0.128 e. The molecule has 0 aliphatic rings. The molecule has 0 aromatic heterocycles. The molecule has 0 rings (SSSR count). The van der Waals surface area contributed by atoms with Gasteiger partial charge in [0.25, 0.3) is 0 Å². The van der Waals surface area contributed by atoms with Gasteiger partial charge in [-0.05, 0) is 6.92 Å². The third-order valence-electron chi connectivity index (χ3n) is 0.425. The van der Waals surface area contributed by atoms with E-state index in [1.165, 1.54) is 0 Å². The number of alkyl halides is 2. The molecule has 44 valence electrons. The Morgan fingerprint density at radius 3 is 2.57 bits per heavy atom. The molecule has 0 saturated heterocycles. The van der Waals surface area contributed by atoms with Crippen molar-refractivity contribution >= 4 is 11.6 Å². The lowest BCUT2D eigenvalue weighted by molar-refractivity contribution is 0.105. The van der Waals surface area contributed by atoms with E-state index in [0.717, 1.165) is 0 Å². The fraction of sp³-hybridized carbons (Fsp3) is 1.00. The van der Waals surface area contributed by atoms with Crippen molar-refractivity contribution in [3.05, 3.63) is 0 Å². The number of hydrogen-bond acceptors (Lipinski definition) is 1. The Morgan fingerprint density at radius 2 is 2.43 bits per heavy atom. The second kappa shape index (κ2) is 4.34. The minimum atomic E-state index is -0.461. The Labute approximate surface area is 47.4 Å². The molecule has 0 aliphatic heterocycles. The molecule has 0 aromatic rings. The molecule has 0 amide bonds. The van der Waals surface area contributed by atoms with Crippen LogP contribution in [-0.2, 0) is 4.74 Å². The third kappa shape index (κ3) is 6.18. The summed E-state index contributed by atoms with van der Waals surface area (Å²) in [6.07, 6.45) is 0. The van der Waals surface area contributed by atoms with E-state index >= 15 is 0 Å². The van der Waals surface area contributed by atoms with Crippen molar-refractivity contribution < 1.29 is 9.13 Å². The summed E-state index contributed by atoms with van der Waals surface area (Å²) in [5, 5.41) is 0. The van der Waals surface area contributed by atoms with E-state index in [2.05, 4.69) is 4.74 Å². The van der Waals surface area contributed by atoms with Gasteiger partial charge in [0, 0.05) is 0 Å². The van der Waals surface area contributed by atoms with Crippen LogP contribution < -0.4 is 0 Å². The van der Waals surface area contributed by atoms with Gasteiger partial charge in [-0.1, -0.05) is 11.6 Å². The summed E-state index contributed by atoms with van der Waals surface area (Å²) in [6.45, 7) is 1.29. The van der Waals surface area contributed by atoms with Crippen LogP contribution in [-0.4, -0.2) is 18.8 Å². The monoisotopic (exact) mass is 126 g/mol. The molecule has 0 N–H and O–H groups in total. The van der Waals surface area contributed by atoms with Gasteiger partial charge in [0.05, 0.1) is 6.61 Å². The molecular formula is C4H8ClFO. The summed E-state index contributed by atoms with van der Waals surface area (Å²) < 4.78 is 15.8. The molecule has 0 heterocycles. The summed E-state index contributed by atoms with van der Waals surface area (Å²) in [7, 11) is 0. The largest absolute Gasteiger partial charge is 0.360 e. The molecule has 0 aromatic carbocycles. The molecule has 0 saturated carbocycles. The standard InChI is InChI=1S/C4H8ClFO/c1-4(5)7-3-2-6/h4H,2-3H2,1H3. The van der Waals surface area contributed by atoms with Crippen molar-refractivity contribution in [3.63, 3.8) is 0 Å². The van der Waals surface area contributed by atoms with E-state index in [-0.39, 0.29) is 12.2 Å². The Hall–Kier alpha value is 0.180. The first kappa shape index (κ1) is 7.18. The Morgan fingerprint density at radius 1 is 1.86 bits per heavy atom. The first-order valence-corrected chi connectivity index (χ1v) is 2.52. The number of hydrogen-bond donors (Lipinski definition) is 0. The van der Waals surface area contributed by atoms with Crippen LogP contribution in [0.15, 0.2) is 0 Å². The van der Waals surface area contributed by atoms with Gasteiger partial charge in [-0.25, -0.2) is 4.39 Å². The predicted molar refractivity (Wildman–Crippen MR) is 27.2 cm³/mol. The van der Waals surface area contributed by atoms with Gasteiger partial charge < -0.3 is 4.74 Å². The van der Waals surface area contributed by atoms with Gasteiger partial charge in [0.15, 0.2) is 0 Å². The van der Waals surface area contributed by atoms with E-state index in [9.17, 15) is 4.39 Å². The molecule has 0 bridgehead atoms. The second-order valence-electron chi connectivity index (χ2n) is 1.10. The number of halogens is 2. The van der Waals surface area contributed by atoms with Crippen LogP contribution in [0.3, 0.4) is 0 Å². The summed E-state index contributed by atoms with van der Waals surface area (Å²) in [5.74, 6) is 0. The molecule has 3 heteroatoms. The SMILES string of the molecule is CC(Cl)OCCF. The van der Waals surface area contributed by atoms with Gasteiger partial charge in [-0.3, -0.25) is 0 Å². The molecule has 1 nitrogen and oxygen atoms in total. The van der Waals surface area contributed by atoms with Crippen LogP contribution in [0, 0.1) is 0 Å². The minimum Gasteiger partial charge on any atom is -0.360 e. The first-order chi connectivity index (χ1) is 3.27. The van der Waals surface area contributed by atoms with Crippen LogP contribution >= 0.6 is 11.6 Å². The Balaban J connectivity index is 2.68. The van der Waals surface area contributed by atoms with Crippen molar-refractivity contribution in [1.82, 2.24) is 0 Å². The Kier molecular flexibility index (Phi) is 4.45. The summed E-state index contributed by atoms with van der Waals surface area (Å²) in [5.41, 5.74) is -0.365. The van der Waals surface area contributed by atoms with Crippen LogP contribution in [0.2, 0.25) is 0 Å². The molecule has 0 fully saturated rings. The molecule has 0 radical (unpaired) electrons. The van der Waals surface area contributed by atoms with Crippen LogP contribution in [0.4, 0.5) is 4.39 Å². The highest BCUT2D eigenvalue weighted by molar-refractivity contribution is 6.19. The van der Waals surface area contributed by atoms with E-state index in [1.807, 2.05) is 0 Å². The van der Waals surface area contributed by atoms with Crippen molar-refractivity contribution in [2.75, 3.05) is 13.3 Å². The molecule has 0 aliphatic carbocycles. The lowest BCUT2D eigenvalue weighted by Crippen LogP contribution is -2.01. The van der Waals surface area contributed by atoms with Crippen molar-refractivity contribution in [2.45, 2.75) is 12.5 Å². The van der Waals surface area contributed by atoms with Gasteiger partial charge in [-0.2, -0.15) is 0 Å². The Bertz CT molecular complexity index is 40.7. The fourth-order valence-corrected chi connectivity index (χ4v) is 0.296. The summed E-state index contributed by atoms with van der Waals surface area (Å²) >= 11 is 5.27. The number of ether oxygens (including phenoxy) is 1. The molecular weight excluding hydrogens is 118 g/mol. The lowest BCUT2D eigenvalue weighted by atomic mass is 10.8. The highest BCUT2D eigenvalue weighted by Crippen LogP contribution is 1.93. The zero-order chi connectivity index (χ0) is 5.70. The second-order valence-corrected chi connectivity index (χ2v) is 1.72. The first-order valence-electron chi connectivity index (χ1n) is 2.09. The van der Waals surface area contributed by atoms with E-state index < -0.39 is 6.67 Å². The average molecular weight is 127 g/mol. The average Bonchev–Trinajstić information content (AvgIpc) is 1.61. The quantitative estimate of drug-likeness (QED) is 0.522. The minimum absolute atomic E-state index is 0.102. The van der Waals surface area contributed by atoms with E-state index in [0.29, 0.717) is 0 Å². The van der Waals surface area contributed by atoms with E-state index in [4.69, 9.17) is 11.6 Å². The van der Waals surface area contributed by atoms with Crippen LogP contribution in [0.5, 0.6) is 0 Å². The summed E-state index contributed by atoms with van der Waals surface area (Å²) in [4.78, 5) is 0. The van der Waals surface area contributed by atoms with Gasteiger partial charge >= 0.3 is 0 Å². The summed E-state index contributed by atoms with van der Waals surface area (Å²) in [6, 6.07) is 0. The number of rotatable bonds is 3.